The van der Waals surface area contributed by atoms with Crippen LogP contribution in [-0.4, -0.2) is 96.0 Å². The third-order valence-corrected chi connectivity index (χ3v) is 12.2. The zero-order chi connectivity index (χ0) is 24.2. The molecule has 0 saturated carbocycles. The Labute approximate surface area is 220 Å². The van der Waals surface area contributed by atoms with Gasteiger partial charge in [-0.15, -0.1) is 0 Å². The van der Waals surface area contributed by atoms with Gasteiger partial charge in [0.2, 0.25) is 5.91 Å². The van der Waals surface area contributed by atoms with Crippen molar-refractivity contribution < 1.29 is 4.79 Å². The van der Waals surface area contributed by atoms with Crippen molar-refractivity contribution in [1.29, 1.82) is 0 Å². The van der Waals surface area contributed by atoms with Crippen LogP contribution < -0.4 is 0 Å². The highest BCUT2D eigenvalue weighted by Gasteiger charge is 2.49. The number of carbonyl (C=O) groups is 1. The fourth-order valence-corrected chi connectivity index (χ4v) is 10.6. The molecule has 2 bridgehead atoms. The van der Waals surface area contributed by atoms with E-state index in [0.29, 0.717) is 11.9 Å². The number of carbonyl (C=O) groups excluding carboxylic acids is 1. The summed E-state index contributed by atoms with van der Waals surface area (Å²) >= 11 is 0. The Balaban J connectivity index is 0.928. The van der Waals surface area contributed by atoms with E-state index in [0.717, 1.165) is 67.0 Å². The summed E-state index contributed by atoms with van der Waals surface area (Å²) in [7, 11) is 0. The Morgan fingerprint density at radius 1 is 0.667 bits per heavy atom. The third kappa shape index (κ3) is 4.57. The van der Waals surface area contributed by atoms with Crippen LogP contribution in [0.15, 0.2) is 0 Å². The van der Waals surface area contributed by atoms with E-state index in [-0.39, 0.29) is 0 Å². The van der Waals surface area contributed by atoms with Crippen LogP contribution in [0.3, 0.4) is 0 Å². The number of rotatable bonds is 3. The summed E-state index contributed by atoms with van der Waals surface area (Å²) in [6.07, 6.45) is 16.1. The molecule has 7 aliphatic rings. The Bertz CT molecular complexity index is 795. The highest BCUT2D eigenvalue weighted by Crippen LogP contribution is 2.45. The van der Waals surface area contributed by atoms with Crippen LogP contribution in [0, 0.1) is 35.5 Å². The normalized spacial score (nSPS) is 45.1. The second-order valence-corrected chi connectivity index (χ2v) is 14.4. The molecule has 5 nitrogen and oxygen atoms in total. The molecule has 7 fully saturated rings. The van der Waals surface area contributed by atoms with Crippen molar-refractivity contribution >= 4 is 5.91 Å². The minimum atomic E-state index is 0.466. The first kappa shape index (κ1) is 24.4. The lowest BCUT2D eigenvalue weighted by atomic mass is 9.68. The van der Waals surface area contributed by atoms with E-state index in [1.54, 1.807) is 0 Å². The maximum Gasteiger partial charge on any atom is 0.222 e. The van der Waals surface area contributed by atoms with E-state index in [4.69, 9.17) is 0 Å². The highest BCUT2D eigenvalue weighted by atomic mass is 16.2. The molecule has 0 aromatic heterocycles. The van der Waals surface area contributed by atoms with Gasteiger partial charge in [0.1, 0.15) is 0 Å². The Hall–Kier alpha value is -0.650. The first-order valence-electron chi connectivity index (χ1n) is 16.1. The maximum absolute atomic E-state index is 12.6. The fraction of sp³-hybridized carbons (Fsp3) is 0.968. The van der Waals surface area contributed by atoms with Crippen LogP contribution in [0.25, 0.3) is 0 Å². The summed E-state index contributed by atoms with van der Waals surface area (Å²) in [5.74, 6) is 5.65. The van der Waals surface area contributed by atoms with Crippen LogP contribution in [0.1, 0.15) is 84.0 Å². The summed E-state index contributed by atoms with van der Waals surface area (Å²) in [6.45, 7) is 13.0. The summed E-state index contributed by atoms with van der Waals surface area (Å²) in [4.78, 5) is 23.6. The van der Waals surface area contributed by atoms with Crippen LogP contribution in [0.2, 0.25) is 0 Å². The molecule has 1 amide bonds. The molecule has 8 unspecified atom stereocenters. The molecule has 202 valence electrons. The topological polar surface area (TPSA) is 30.0 Å². The summed E-state index contributed by atoms with van der Waals surface area (Å²) < 4.78 is 0. The predicted octanol–water partition coefficient (Wildman–Crippen LogP) is 4.32. The highest BCUT2D eigenvalue weighted by molar-refractivity contribution is 5.77. The number of amides is 1. The second-order valence-electron chi connectivity index (χ2n) is 14.4. The number of hydrogen-bond acceptors (Lipinski definition) is 4. The Morgan fingerprint density at radius 2 is 1.47 bits per heavy atom. The summed E-state index contributed by atoms with van der Waals surface area (Å²) in [5, 5.41) is 0. The quantitative estimate of drug-likeness (QED) is 0.582. The van der Waals surface area contributed by atoms with Crippen molar-refractivity contribution in [2.24, 2.45) is 35.5 Å². The molecule has 0 radical (unpaired) electrons. The van der Waals surface area contributed by atoms with Gasteiger partial charge in [-0.25, -0.2) is 0 Å². The summed E-state index contributed by atoms with van der Waals surface area (Å²) in [6, 6.07) is 2.21. The van der Waals surface area contributed by atoms with Gasteiger partial charge in [0, 0.05) is 57.3 Å². The molecular weight excluding hydrogens is 444 g/mol. The first-order chi connectivity index (χ1) is 17.6. The molecule has 0 aromatic carbocycles. The van der Waals surface area contributed by atoms with Gasteiger partial charge in [-0.3, -0.25) is 14.6 Å². The van der Waals surface area contributed by atoms with Crippen molar-refractivity contribution in [1.82, 2.24) is 19.6 Å². The smallest absolute Gasteiger partial charge is 0.222 e. The van der Waals surface area contributed by atoms with E-state index in [9.17, 15) is 4.79 Å². The Morgan fingerprint density at radius 3 is 2.36 bits per heavy atom. The van der Waals surface area contributed by atoms with Crippen LogP contribution in [-0.2, 0) is 4.79 Å². The molecule has 7 rings (SSSR count). The van der Waals surface area contributed by atoms with Gasteiger partial charge < -0.3 is 9.80 Å². The van der Waals surface area contributed by atoms with E-state index >= 15 is 0 Å². The molecule has 36 heavy (non-hydrogen) atoms. The zero-order valence-corrected chi connectivity index (χ0v) is 23.0. The minimum absolute atomic E-state index is 0.466. The third-order valence-electron chi connectivity index (χ3n) is 12.2. The minimum Gasteiger partial charge on any atom is -0.339 e. The molecular formula is C31H52N4O. The van der Waals surface area contributed by atoms with Gasteiger partial charge in [-0.1, -0.05) is 13.3 Å². The van der Waals surface area contributed by atoms with Crippen molar-refractivity contribution in [3.05, 3.63) is 0 Å². The van der Waals surface area contributed by atoms with Crippen LogP contribution in [0.4, 0.5) is 0 Å². The first-order valence-corrected chi connectivity index (χ1v) is 16.1. The number of nitrogens with zero attached hydrogens (tertiary/aromatic N) is 4. The molecule has 7 saturated heterocycles. The summed E-state index contributed by atoms with van der Waals surface area (Å²) in [5.41, 5.74) is 0. The Kier molecular flexibility index (Phi) is 6.88. The molecule has 0 N–H and O–H groups in total. The SMILES string of the molecule is CC1CC(CN2CCC(C3CCC4C5CC(CN4C3)C3CCCC(=O)N3C5)CC2)C2CCCCN2C1. The van der Waals surface area contributed by atoms with E-state index < -0.39 is 0 Å². The fourth-order valence-electron chi connectivity index (χ4n) is 10.6. The number of likely N-dealkylation sites (tertiary alicyclic amines) is 1. The van der Waals surface area contributed by atoms with Gasteiger partial charge in [0.15, 0.2) is 0 Å². The van der Waals surface area contributed by atoms with E-state index in [1.165, 1.54) is 110 Å². The second kappa shape index (κ2) is 10.2. The molecule has 8 atom stereocenters. The maximum atomic E-state index is 12.6. The molecule has 5 heteroatoms. The zero-order valence-electron chi connectivity index (χ0n) is 23.0. The van der Waals surface area contributed by atoms with Crippen molar-refractivity contribution in [2.75, 3.05) is 52.4 Å². The number of fused-ring (bicyclic) bond motifs is 7. The van der Waals surface area contributed by atoms with Gasteiger partial charge in [-0.05, 0) is 119 Å². The van der Waals surface area contributed by atoms with Crippen LogP contribution >= 0.6 is 0 Å². The van der Waals surface area contributed by atoms with E-state index in [1.807, 2.05) is 0 Å². The average Bonchev–Trinajstić information content (AvgIpc) is 2.89. The molecule has 0 aromatic rings. The van der Waals surface area contributed by atoms with Crippen molar-refractivity contribution in [3.8, 4) is 0 Å². The van der Waals surface area contributed by atoms with Gasteiger partial charge in [0.05, 0.1) is 0 Å². The van der Waals surface area contributed by atoms with Gasteiger partial charge in [-0.2, -0.15) is 0 Å². The molecule has 0 aliphatic carbocycles. The monoisotopic (exact) mass is 496 g/mol. The molecule has 7 heterocycles. The number of hydrogen-bond donors (Lipinski definition) is 0. The lowest BCUT2D eigenvalue weighted by Crippen LogP contribution is -2.65. The van der Waals surface area contributed by atoms with Crippen LogP contribution in [0.5, 0.6) is 0 Å². The molecule has 7 aliphatic heterocycles. The van der Waals surface area contributed by atoms with Crippen molar-refractivity contribution in [3.63, 3.8) is 0 Å². The lowest BCUT2D eigenvalue weighted by molar-refractivity contribution is -0.149. The largest absolute Gasteiger partial charge is 0.339 e. The standard InChI is InChI=1S/C31H52N4O/c1-22-15-25(28-5-2-3-12-33(28)17-22)18-32-13-10-23(11-14-32)24-8-9-29-27-16-26(20-34(29)19-24)30-6-4-7-31(36)35(30)21-27/h22-30H,2-21H2,1H3. The van der Waals surface area contributed by atoms with Gasteiger partial charge >= 0.3 is 0 Å². The predicted molar refractivity (Wildman–Crippen MR) is 145 cm³/mol. The van der Waals surface area contributed by atoms with Gasteiger partial charge in [0.25, 0.3) is 0 Å². The molecule has 0 spiro atoms. The lowest BCUT2D eigenvalue weighted by Gasteiger charge is -2.58. The van der Waals surface area contributed by atoms with Crippen molar-refractivity contribution in [2.45, 2.75) is 102 Å². The average molecular weight is 497 g/mol. The van der Waals surface area contributed by atoms with E-state index in [2.05, 4.69) is 26.5 Å². The number of piperidine rings is 7.